The van der Waals surface area contributed by atoms with Crippen LogP contribution in [0.2, 0.25) is 0 Å². The summed E-state index contributed by atoms with van der Waals surface area (Å²) in [5.74, 6) is 0.0549. The molecular weight excluding hydrogens is 295 g/mol. The van der Waals surface area contributed by atoms with Gasteiger partial charge in [0, 0.05) is 18.2 Å². The number of nitrogens with two attached hydrogens (primary N) is 1. The van der Waals surface area contributed by atoms with Crippen molar-refractivity contribution < 1.29 is 13.9 Å². The summed E-state index contributed by atoms with van der Waals surface area (Å²) in [5, 5.41) is 2.85. The molecule has 0 radical (unpaired) electrons. The van der Waals surface area contributed by atoms with E-state index in [9.17, 15) is 9.18 Å². The molecule has 1 unspecified atom stereocenters. The van der Waals surface area contributed by atoms with Gasteiger partial charge in [-0.25, -0.2) is 4.39 Å². The van der Waals surface area contributed by atoms with Crippen molar-refractivity contribution in [1.29, 1.82) is 0 Å². The first-order valence-corrected chi connectivity index (χ1v) is 7.56. The fourth-order valence-corrected chi connectivity index (χ4v) is 2.19. The minimum absolute atomic E-state index is 0.107. The summed E-state index contributed by atoms with van der Waals surface area (Å²) in [5.41, 5.74) is 6.87. The summed E-state index contributed by atoms with van der Waals surface area (Å²) < 4.78 is 18.6. The third kappa shape index (κ3) is 5.38. The van der Waals surface area contributed by atoms with Gasteiger partial charge in [0.15, 0.2) is 0 Å². The first kappa shape index (κ1) is 17.0. The number of halogens is 1. The van der Waals surface area contributed by atoms with Crippen molar-refractivity contribution in [2.75, 3.05) is 18.5 Å². The minimum atomic E-state index is -0.289. The number of carbonyl (C=O) groups is 1. The predicted molar refractivity (Wildman–Crippen MR) is 88.9 cm³/mol. The van der Waals surface area contributed by atoms with E-state index in [1.165, 1.54) is 12.1 Å². The highest BCUT2D eigenvalue weighted by Gasteiger charge is 2.14. The molecule has 1 amide bonds. The average molecular weight is 316 g/mol. The molecule has 2 rings (SSSR count). The van der Waals surface area contributed by atoms with Crippen LogP contribution in [0.4, 0.5) is 10.1 Å². The first-order valence-electron chi connectivity index (χ1n) is 7.56. The average Bonchev–Trinajstić information content (AvgIpc) is 2.54. The van der Waals surface area contributed by atoms with Gasteiger partial charge in [-0.3, -0.25) is 4.79 Å². The van der Waals surface area contributed by atoms with E-state index in [0.717, 1.165) is 5.56 Å². The predicted octanol–water partition coefficient (Wildman–Crippen LogP) is 2.98. The van der Waals surface area contributed by atoms with Crippen molar-refractivity contribution in [1.82, 2.24) is 0 Å². The summed E-state index contributed by atoms with van der Waals surface area (Å²) in [4.78, 5) is 12.2. The van der Waals surface area contributed by atoms with Crippen LogP contribution < -0.4 is 15.8 Å². The quantitative estimate of drug-likeness (QED) is 0.825. The van der Waals surface area contributed by atoms with Gasteiger partial charge in [0.05, 0.1) is 0 Å². The van der Waals surface area contributed by atoms with Crippen LogP contribution in [0.1, 0.15) is 12.5 Å². The maximum Gasteiger partial charge on any atom is 0.227 e. The van der Waals surface area contributed by atoms with Gasteiger partial charge in [-0.2, -0.15) is 0 Å². The highest BCUT2D eigenvalue weighted by molar-refractivity contribution is 5.92. The number of amides is 1. The molecule has 2 aromatic carbocycles. The molecule has 0 aliphatic rings. The van der Waals surface area contributed by atoms with Crippen molar-refractivity contribution in [2.24, 2.45) is 11.7 Å². The van der Waals surface area contributed by atoms with Crippen LogP contribution >= 0.6 is 0 Å². The number of carbonyl (C=O) groups excluding carboxylic acids is 1. The van der Waals surface area contributed by atoms with E-state index in [1.54, 1.807) is 30.3 Å². The molecule has 0 aromatic heterocycles. The lowest BCUT2D eigenvalue weighted by Gasteiger charge is -2.13. The van der Waals surface area contributed by atoms with E-state index in [-0.39, 0.29) is 17.6 Å². The molecule has 0 spiro atoms. The van der Waals surface area contributed by atoms with E-state index >= 15 is 0 Å². The molecule has 23 heavy (non-hydrogen) atoms. The first-order chi connectivity index (χ1) is 11.1. The van der Waals surface area contributed by atoms with Gasteiger partial charge in [0.25, 0.3) is 0 Å². The molecule has 0 heterocycles. The Morgan fingerprint density at radius 3 is 2.65 bits per heavy atom. The zero-order valence-electron chi connectivity index (χ0n) is 13.1. The topological polar surface area (TPSA) is 64.3 Å². The minimum Gasteiger partial charge on any atom is -0.492 e. The fourth-order valence-electron chi connectivity index (χ4n) is 2.19. The van der Waals surface area contributed by atoms with Crippen LogP contribution in [0.5, 0.6) is 5.75 Å². The lowest BCUT2D eigenvalue weighted by atomic mass is 10.0. The van der Waals surface area contributed by atoms with Crippen molar-refractivity contribution in [2.45, 2.75) is 13.3 Å². The van der Waals surface area contributed by atoms with Gasteiger partial charge >= 0.3 is 0 Å². The Labute approximate surface area is 135 Å². The van der Waals surface area contributed by atoms with Gasteiger partial charge in [-0.05, 0) is 48.4 Å². The van der Waals surface area contributed by atoms with E-state index in [1.807, 2.05) is 13.0 Å². The molecule has 2 aromatic rings. The van der Waals surface area contributed by atoms with Gasteiger partial charge in [0.1, 0.15) is 18.2 Å². The van der Waals surface area contributed by atoms with Crippen LogP contribution in [0.25, 0.3) is 0 Å². The molecule has 0 fully saturated rings. The standard InChI is InChI=1S/C18H21FN2O2/c1-13(11-14-3-2-4-15(19)12-14)18(22)21-16-5-7-17(8-6-16)23-10-9-20/h2-8,12-13H,9-11,20H2,1H3,(H,21,22). The van der Waals surface area contributed by atoms with Crippen molar-refractivity contribution >= 4 is 11.6 Å². The molecule has 3 N–H and O–H groups in total. The fraction of sp³-hybridized carbons (Fsp3) is 0.278. The molecule has 5 heteroatoms. The largest absolute Gasteiger partial charge is 0.492 e. The van der Waals surface area contributed by atoms with E-state index in [0.29, 0.717) is 31.0 Å². The molecule has 0 bridgehead atoms. The molecular formula is C18H21FN2O2. The monoisotopic (exact) mass is 316 g/mol. The number of benzene rings is 2. The Kier molecular flexibility index (Phi) is 6.11. The number of anilines is 1. The summed E-state index contributed by atoms with van der Waals surface area (Å²) in [6, 6.07) is 13.4. The van der Waals surface area contributed by atoms with E-state index in [2.05, 4.69) is 5.32 Å². The molecule has 4 nitrogen and oxygen atoms in total. The Morgan fingerprint density at radius 1 is 1.26 bits per heavy atom. The second-order valence-electron chi connectivity index (χ2n) is 5.39. The lowest BCUT2D eigenvalue weighted by Crippen LogP contribution is -2.22. The highest BCUT2D eigenvalue weighted by atomic mass is 19.1. The van der Waals surface area contributed by atoms with Gasteiger partial charge in [-0.15, -0.1) is 0 Å². The second-order valence-corrected chi connectivity index (χ2v) is 5.39. The molecule has 0 saturated heterocycles. The number of hydrogen-bond acceptors (Lipinski definition) is 3. The van der Waals surface area contributed by atoms with Gasteiger partial charge in [0.2, 0.25) is 5.91 Å². The Bertz CT molecular complexity index is 644. The molecule has 1 atom stereocenters. The lowest BCUT2D eigenvalue weighted by molar-refractivity contribution is -0.119. The Balaban J connectivity index is 1.90. The van der Waals surface area contributed by atoms with Gasteiger partial charge < -0.3 is 15.8 Å². The number of nitrogens with one attached hydrogen (secondary N) is 1. The molecule has 0 aliphatic carbocycles. The summed E-state index contributed by atoms with van der Waals surface area (Å²) in [7, 11) is 0. The third-order valence-electron chi connectivity index (χ3n) is 3.39. The van der Waals surface area contributed by atoms with Crippen LogP contribution in [0, 0.1) is 11.7 Å². The maximum absolute atomic E-state index is 13.2. The summed E-state index contributed by atoms with van der Waals surface area (Å²) in [6.07, 6.45) is 0.487. The number of ether oxygens (including phenoxy) is 1. The molecule has 122 valence electrons. The smallest absolute Gasteiger partial charge is 0.227 e. The van der Waals surface area contributed by atoms with Crippen LogP contribution in [-0.4, -0.2) is 19.1 Å². The number of hydrogen-bond donors (Lipinski definition) is 2. The van der Waals surface area contributed by atoms with Gasteiger partial charge in [-0.1, -0.05) is 19.1 Å². The van der Waals surface area contributed by atoms with Crippen molar-refractivity contribution in [3.63, 3.8) is 0 Å². The van der Waals surface area contributed by atoms with Crippen LogP contribution in [0.3, 0.4) is 0 Å². The zero-order valence-corrected chi connectivity index (χ0v) is 13.1. The van der Waals surface area contributed by atoms with Crippen LogP contribution in [-0.2, 0) is 11.2 Å². The maximum atomic E-state index is 13.2. The van der Waals surface area contributed by atoms with E-state index < -0.39 is 0 Å². The van der Waals surface area contributed by atoms with Crippen molar-refractivity contribution in [3.05, 3.63) is 59.9 Å². The molecule has 0 aliphatic heterocycles. The number of rotatable bonds is 7. The second kappa shape index (κ2) is 8.29. The third-order valence-corrected chi connectivity index (χ3v) is 3.39. The zero-order chi connectivity index (χ0) is 16.7. The Morgan fingerprint density at radius 2 is 2.00 bits per heavy atom. The summed E-state index contributed by atoms with van der Waals surface area (Å²) in [6.45, 7) is 2.73. The highest BCUT2D eigenvalue weighted by Crippen LogP contribution is 2.17. The van der Waals surface area contributed by atoms with Crippen LogP contribution in [0.15, 0.2) is 48.5 Å². The normalized spacial score (nSPS) is 11.8. The molecule has 0 saturated carbocycles. The summed E-state index contributed by atoms with van der Waals surface area (Å²) >= 11 is 0. The van der Waals surface area contributed by atoms with E-state index in [4.69, 9.17) is 10.5 Å². The SMILES string of the molecule is CC(Cc1cccc(F)c1)C(=O)Nc1ccc(OCCN)cc1. The Hall–Kier alpha value is -2.40. The van der Waals surface area contributed by atoms with Crippen molar-refractivity contribution in [3.8, 4) is 5.75 Å².